The van der Waals surface area contributed by atoms with Crippen LogP contribution in [0.2, 0.25) is 0 Å². The molecule has 0 bridgehead atoms. The van der Waals surface area contributed by atoms with E-state index in [2.05, 4.69) is 21.8 Å². The van der Waals surface area contributed by atoms with Gasteiger partial charge in [0.25, 0.3) is 0 Å². The minimum absolute atomic E-state index is 0.226. The lowest BCUT2D eigenvalue weighted by atomic mass is 10.1. The zero-order valence-corrected chi connectivity index (χ0v) is 13.0. The normalized spacial score (nSPS) is 11.2. The average molecular weight is 320 g/mol. The van der Waals surface area contributed by atoms with Crippen molar-refractivity contribution in [3.8, 4) is 5.75 Å². The third-order valence-corrected chi connectivity index (χ3v) is 3.59. The van der Waals surface area contributed by atoms with Gasteiger partial charge in [-0.05, 0) is 18.1 Å². The summed E-state index contributed by atoms with van der Waals surface area (Å²) in [5, 5.41) is 0. The molecule has 0 spiro atoms. The second-order valence-corrected chi connectivity index (χ2v) is 5.29. The van der Waals surface area contributed by atoms with Crippen LogP contribution in [0.1, 0.15) is 11.1 Å². The molecule has 2 aromatic rings. The molecule has 0 aliphatic carbocycles. The zero-order chi connectivity index (χ0) is 16.5. The van der Waals surface area contributed by atoms with Gasteiger partial charge in [0.1, 0.15) is 5.75 Å². The van der Waals surface area contributed by atoms with Crippen molar-refractivity contribution in [2.75, 3.05) is 19.6 Å². The first-order valence-corrected chi connectivity index (χ1v) is 7.68. The van der Waals surface area contributed by atoms with E-state index in [1.54, 1.807) is 12.1 Å². The van der Waals surface area contributed by atoms with Crippen molar-refractivity contribution in [3.63, 3.8) is 0 Å². The Morgan fingerprint density at radius 3 is 2.35 bits per heavy atom. The molecule has 23 heavy (non-hydrogen) atoms. The molecule has 124 valence electrons. The highest BCUT2D eigenvalue weighted by atomic mass is 19.3. The predicted molar refractivity (Wildman–Crippen MR) is 87.6 cm³/mol. The van der Waals surface area contributed by atoms with Gasteiger partial charge in [-0.3, -0.25) is 4.90 Å². The van der Waals surface area contributed by atoms with Gasteiger partial charge in [-0.25, -0.2) is 0 Å². The Hall–Kier alpha value is -1.98. The van der Waals surface area contributed by atoms with E-state index in [-0.39, 0.29) is 5.75 Å². The Morgan fingerprint density at radius 2 is 1.65 bits per heavy atom. The van der Waals surface area contributed by atoms with Crippen LogP contribution in [-0.4, -0.2) is 31.1 Å². The number of halogens is 2. The molecule has 3 nitrogen and oxygen atoms in total. The Morgan fingerprint density at radius 1 is 0.957 bits per heavy atom. The highest BCUT2D eigenvalue weighted by Gasteiger charge is 2.12. The van der Waals surface area contributed by atoms with E-state index in [1.165, 1.54) is 5.56 Å². The van der Waals surface area contributed by atoms with Gasteiger partial charge in [-0.2, -0.15) is 8.78 Å². The monoisotopic (exact) mass is 320 g/mol. The number of nitrogens with two attached hydrogens (primary N) is 1. The average Bonchev–Trinajstić information content (AvgIpc) is 2.55. The number of nitrogens with zero attached hydrogens (tertiary/aromatic N) is 1. The SMILES string of the molecule is NCCN(CCc1ccccc1)Cc1ccccc1OC(F)F. The van der Waals surface area contributed by atoms with Crippen molar-refractivity contribution in [2.45, 2.75) is 19.6 Å². The van der Waals surface area contributed by atoms with E-state index < -0.39 is 6.61 Å². The Labute approximate surface area is 135 Å². The van der Waals surface area contributed by atoms with Crippen LogP contribution in [0, 0.1) is 0 Å². The van der Waals surface area contributed by atoms with E-state index in [1.807, 2.05) is 30.3 Å². The fourth-order valence-corrected chi connectivity index (χ4v) is 2.47. The van der Waals surface area contributed by atoms with Crippen LogP contribution in [0.3, 0.4) is 0 Å². The van der Waals surface area contributed by atoms with Crippen LogP contribution < -0.4 is 10.5 Å². The summed E-state index contributed by atoms with van der Waals surface area (Å²) in [6.07, 6.45) is 0.888. The molecule has 0 aromatic heterocycles. The molecule has 0 amide bonds. The molecule has 0 unspecified atom stereocenters. The number of ether oxygens (including phenoxy) is 1. The van der Waals surface area contributed by atoms with E-state index >= 15 is 0 Å². The molecule has 0 fully saturated rings. The van der Waals surface area contributed by atoms with Crippen LogP contribution in [0.25, 0.3) is 0 Å². The Kier molecular flexibility index (Phi) is 6.97. The highest BCUT2D eigenvalue weighted by molar-refractivity contribution is 5.33. The fraction of sp³-hybridized carbons (Fsp3) is 0.333. The van der Waals surface area contributed by atoms with Crippen molar-refractivity contribution in [1.29, 1.82) is 0 Å². The van der Waals surface area contributed by atoms with Crippen LogP contribution in [0.5, 0.6) is 5.75 Å². The molecule has 0 aliphatic rings. The number of rotatable bonds is 9. The smallest absolute Gasteiger partial charge is 0.387 e. The number of para-hydroxylation sites is 1. The van der Waals surface area contributed by atoms with Gasteiger partial charge in [0.15, 0.2) is 0 Å². The summed E-state index contributed by atoms with van der Waals surface area (Å²) in [5.74, 6) is 0.226. The number of hydrogen-bond acceptors (Lipinski definition) is 3. The summed E-state index contributed by atoms with van der Waals surface area (Å²) in [6, 6.07) is 17.1. The van der Waals surface area contributed by atoms with Crippen molar-refractivity contribution in [3.05, 3.63) is 65.7 Å². The third-order valence-electron chi connectivity index (χ3n) is 3.59. The molecule has 0 aliphatic heterocycles. The fourth-order valence-electron chi connectivity index (χ4n) is 2.47. The maximum Gasteiger partial charge on any atom is 0.387 e. The zero-order valence-electron chi connectivity index (χ0n) is 13.0. The maximum absolute atomic E-state index is 12.5. The molecule has 0 radical (unpaired) electrons. The summed E-state index contributed by atoms with van der Waals surface area (Å²) < 4.78 is 29.6. The lowest BCUT2D eigenvalue weighted by Crippen LogP contribution is -2.31. The van der Waals surface area contributed by atoms with Crippen molar-refractivity contribution < 1.29 is 13.5 Å². The van der Waals surface area contributed by atoms with Gasteiger partial charge in [0.2, 0.25) is 0 Å². The van der Waals surface area contributed by atoms with Crippen LogP contribution in [0.4, 0.5) is 8.78 Å². The predicted octanol–water partition coefficient (Wildman–Crippen LogP) is 3.29. The lowest BCUT2D eigenvalue weighted by Gasteiger charge is -2.23. The van der Waals surface area contributed by atoms with Gasteiger partial charge in [0, 0.05) is 31.7 Å². The first-order chi connectivity index (χ1) is 11.2. The van der Waals surface area contributed by atoms with Gasteiger partial charge in [-0.15, -0.1) is 0 Å². The van der Waals surface area contributed by atoms with E-state index in [4.69, 9.17) is 5.73 Å². The number of alkyl halides is 2. The van der Waals surface area contributed by atoms with Gasteiger partial charge < -0.3 is 10.5 Å². The molecule has 2 rings (SSSR count). The standard InChI is InChI=1S/C18H22F2N2O/c19-18(20)23-17-9-5-4-8-16(17)14-22(13-11-21)12-10-15-6-2-1-3-7-15/h1-9,18H,10-14,21H2. The van der Waals surface area contributed by atoms with E-state index in [0.29, 0.717) is 19.6 Å². The van der Waals surface area contributed by atoms with E-state index in [9.17, 15) is 8.78 Å². The summed E-state index contributed by atoms with van der Waals surface area (Å²) in [7, 11) is 0. The van der Waals surface area contributed by atoms with E-state index in [0.717, 1.165) is 18.5 Å². The van der Waals surface area contributed by atoms with Crippen LogP contribution >= 0.6 is 0 Å². The van der Waals surface area contributed by atoms with Crippen molar-refractivity contribution in [2.24, 2.45) is 5.73 Å². The minimum atomic E-state index is -2.82. The topological polar surface area (TPSA) is 38.5 Å². The molecule has 0 saturated heterocycles. The first-order valence-electron chi connectivity index (χ1n) is 7.68. The molecule has 5 heteroatoms. The number of benzene rings is 2. The molecular weight excluding hydrogens is 298 g/mol. The largest absolute Gasteiger partial charge is 0.434 e. The Balaban J connectivity index is 2.01. The van der Waals surface area contributed by atoms with Crippen LogP contribution in [-0.2, 0) is 13.0 Å². The molecule has 2 aromatic carbocycles. The summed E-state index contributed by atoms with van der Waals surface area (Å²) in [6.45, 7) is -0.247. The number of hydrogen-bond donors (Lipinski definition) is 1. The van der Waals surface area contributed by atoms with Gasteiger partial charge in [-0.1, -0.05) is 48.5 Å². The first kappa shape index (κ1) is 17.4. The molecule has 0 heterocycles. The molecule has 0 saturated carbocycles. The second kappa shape index (κ2) is 9.22. The van der Waals surface area contributed by atoms with Gasteiger partial charge in [0.05, 0.1) is 0 Å². The van der Waals surface area contributed by atoms with Crippen LogP contribution in [0.15, 0.2) is 54.6 Å². The maximum atomic E-state index is 12.5. The molecular formula is C18H22F2N2O. The summed E-state index contributed by atoms with van der Waals surface area (Å²) in [5.41, 5.74) is 7.66. The van der Waals surface area contributed by atoms with Crippen molar-refractivity contribution >= 4 is 0 Å². The molecule has 0 atom stereocenters. The molecule has 2 N–H and O–H groups in total. The second-order valence-electron chi connectivity index (χ2n) is 5.29. The summed E-state index contributed by atoms with van der Waals surface area (Å²) in [4.78, 5) is 2.15. The third kappa shape index (κ3) is 5.96. The lowest BCUT2D eigenvalue weighted by molar-refractivity contribution is -0.0507. The van der Waals surface area contributed by atoms with Gasteiger partial charge >= 0.3 is 6.61 Å². The quantitative estimate of drug-likeness (QED) is 0.770. The summed E-state index contributed by atoms with van der Waals surface area (Å²) >= 11 is 0. The Bertz CT molecular complexity index is 578. The highest BCUT2D eigenvalue weighted by Crippen LogP contribution is 2.22. The minimum Gasteiger partial charge on any atom is -0.434 e. The van der Waals surface area contributed by atoms with Crippen molar-refractivity contribution in [1.82, 2.24) is 4.90 Å².